The zero-order chi connectivity index (χ0) is 7.44. The van der Waals surface area contributed by atoms with Crippen LogP contribution >= 0.6 is 0 Å². The largest absolute Gasteiger partial charge is 0.396 e. The molecule has 3 nitrogen and oxygen atoms in total. The van der Waals surface area contributed by atoms with Crippen molar-refractivity contribution in [3.63, 3.8) is 0 Å². The molecule has 0 heterocycles. The van der Waals surface area contributed by atoms with E-state index in [4.69, 9.17) is 5.73 Å². The molecule has 2 N–H and O–H groups in total. The highest BCUT2D eigenvalue weighted by atomic mass is 16.1. The minimum absolute atomic E-state index is 0.0162. The lowest BCUT2D eigenvalue weighted by Gasteiger charge is -1.89. The van der Waals surface area contributed by atoms with Gasteiger partial charge in [-0.05, 0) is 6.92 Å². The molecule has 0 aromatic heterocycles. The second-order valence-electron chi connectivity index (χ2n) is 1.77. The van der Waals surface area contributed by atoms with E-state index in [1.165, 1.54) is 13.8 Å². The van der Waals surface area contributed by atoms with Crippen LogP contribution in [0.1, 0.15) is 13.8 Å². The van der Waals surface area contributed by atoms with E-state index in [-0.39, 0.29) is 17.3 Å². The van der Waals surface area contributed by atoms with Crippen LogP contribution in [0.25, 0.3) is 0 Å². The first-order chi connectivity index (χ1) is 4.04. The Morgan fingerprint density at radius 2 is 1.78 bits per heavy atom. The molecule has 0 fully saturated rings. The van der Waals surface area contributed by atoms with Gasteiger partial charge in [-0.3, -0.25) is 9.59 Å². The van der Waals surface area contributed by atoms with Crippen LogP contribution in [0, 0.1) is 0 Å². The Bertz CT molecular complexity index is 170. The van der Waals surface area contributed by atoms with Crippen molar-refractivity contribution < 1.29 is 9.59 Å². The molecule has 0 atom stereocenters. The van der Waals surface area contributed by atoms with Gasteiger partial charge < -0.3 is 5.73 Å². The Balaban J connectivity index is 4.17. The van der Waals surface area contributed by atoms with Gasteiger partial charge in [-0.2, -0.15) is 0 Å². The second kappa shape index (κ2) is 3.02. The monoisotopic (exact) mass is 127 g/mol. The molecule has 0 amide bonds. The van der Waals surface area contributed by atoms with Gasteiger partial charge in [-0.1, -0.05) is 0 Å². The third-order valence-electron chi connectivity index (χ3n) is 0.765. The molecule has 0 aliphatic heterocycles. The van der Waals surface area contributed by atoms with Gasteiger partial charge in [0.25, 0.3) is 0 Å². The number of rotatable bonds is 2. The minimum atomic E-state index is -0.273. The molecule has 0 saturated carbocycles. The van der Waals surface area contributed by atoms with Crippen molar-refractivity contribution in [3.05, 3.63) is 11.8 Å². The fraction of sp³-hybridized carbons (Fsp3) is 0.333. The third kappa shape index (κ3) is 3.46. The van der Waals surface area contributed by atoms with Gasteiger partial charge in [-0.15, -0.1) is 0 Å². The molecule has 0 aliphatic carbocycles. The lowest BCUT2D eigenvalue weighted by Crippen LogP contribution is -2.08. The maximum atomic E-state index is 10.3. The average molecular weight is 127 g/mol. The highest BCUT2D eigenvalue weighted by Gasteiger charge is 1.96. The summed E-state index contributed by atoms with van der Waals surface area (Å²) in [7, 11) is 0. The van der Waals surface area contributed by atoms with Crippen molar-refractivity contribution in [3.8, 4) is 0 Å². The molecule has 3 heteroatoms. The van der Waals surface area contributed by atoms with Crippen LogP contribution in [0.15, 0.2) is 11.8 Å². The van der Waals surface area contributed by atoms with Crippen LogP contribution in [0.4, 0.5) is 0 Å². The van der Waals surface area contributed by atoms with E-state index in [0.29, 0.717) is 0 Å². The van der Waals surface area contributed by atoms with Gasteiger partial charge in [0.05, 0.1) is 5.70 Å². The summed E-state index contributed by atoms with van der Waals surface area (Å²) >= 11 is 0. The summed E-state index contributed by atoms with van der Waals surface area (Å²) in [5.74, 6) is -0.479. The molecule has 0 rings (SSSR count). The number of nitrogens with two attached hydrogens (primary N) is 1. The number of carbonyl (C=O) groups is 2. The van der Waals surface area contributed by atoms with E-state index in [0.717, 1.165) is 6.08 Å². The second-order valence-corrected chi connectivity index (χ2v) is 1.77. The maximum absolute atomic E-state index is 10.3. The Hall–Kier alpha value is -1.12. The van der Waals surface area contributed by atoms with Crippen LogP contribution in [-0.4, -0.2) is 11.6 Å². The van der Waals surface area contributed by atoms with Crippen molar-refractivity contribution in [1.29, 1.82) is 0 Å². The topological polar surface area (TPSA) is 60.2 Å². The van der Waals surface area contributed by atoms with Crippen molar-refractivity contribution >= 4 is 11.6 Å². The molecule has 0 aromatic carbocycles. The molecular formula is C6H9NO2. The van der Waals surface area contributed by atoms with Gasteiger partial charge >= 0.3 is 0 Å². The minimum Gasteiger partial charge on any atom is -0.396 e. The summed E-state index contributed by atoms with van der Waals surface area (Å²) in [5.41, 5.74) is 5.12. The summed E-state index contributed by atoms with van der Waals surface area (Å²) in [6.07, 6.45) is 1.11. The van der Waals surface area contributed by atoms with Gasteiger partial charge in [0.1, 0.15) is 0 Å². The number of allylic oxidation sites excluding steroid dienone is 2. The van der Waals surface area contributed by atoms with Crippen LogP contribution < -0.4 is 5.73 Å². The van der Waals surface area contributed by atoms with Gasteiger partial charge in [0.2, 0.25) is 0 Å². The molecule has 0 unspecified atom stereocenters. The Labute approximate surface area is 53.5 Å². The molecule has 0 aromatic rings. The highest BCUT2D eigenvalue weighted by molar-refractivity contribution is 6.00. The number of carbonyl (C=O) groups excluding carboxylic acids is 2. The fourth-order valence-electron chi connectivity index (χ4n) is 0.321. The van der Waals surface area contributed by atoms with E-state index in [9.17, 15) is 9.59 Å². The first-order valence-corrected chi connectivity index (χ1v) is 2.52. The molecule has 0 bridgehead atoms. The van der Waals surface area contributed by atoms with Crippen LogP contribution in [0.3, 0.4) is 0 Å². The zero-order valence-electron chi connectivity index (χ0n) is 5.47. The lowest BCUT2D eigenvalue weighted by molar-refractivity contribution is -0.115. The number of hydrogen-bond acceptors (Lipinski definition) is 3. The summed E-state index contributed by atoms with van der Waals surface area (Å²) < 4.78 is 0. The molecule has 0 radical (unpaired) electrons. The van der Waals surface area contributed by atoms with Crippen LogP contribution in [0.2, 0.25) is 0 Å². The van der Waals surface area contributed by atoms with E-state index < -0.39 is 0 Å². The first kappa shape index (κ1) is 7.88. The highest BCUT2D eigenvalue weighted by Crippen LogP contribution is 1.84. The summed E-state index contributed by atoms with van der Waals surface area (Å²) in [4.78, 5) is 20.6. The fourth-order valence-corrected chi connectivity index (χ4v) is 0.321. The Kier molecular flexibility index (Phi) is 2.64. The van der Waals surface area contributed by atoms with Crippen molar-refractivity contribution in [2.24, 2.45) is 5.73 Å². The quantitative estimate of drug-likeness (QED) is 0.531. The molecule has 50 valence electrons. The Morgan fingerprint density at radius 1 is 1.33 bits per heavy atom. The van der Waals surface area contributed by atoms with Crippen LogP contribution in [-0.2, 0) is 9.59 Å². The van der Waals surface area contributed by atoms with Crippen molar-refractivity contribution in [2.45, 2.75) is 13.8 Å². The summed E-state index contributed by atoms with van der Waals surface area (Å²) in [5, 5.41) is 0. The number of Topliss-reactive ketones (excluding diaryl/α,β-unsaturated/α-hetero) is 1. The lowest BCUT2D eigenvalue weighted by atomic mass is 10.3. The van der Waals surface area contributed by atoms with Crippen LogP contribution in [0.5, 0.6) is 0 Å². The molecular weight excluding hydrogens is 118 g/mol. The SMILES string of the molecule is CC(=O)/C=C(/N)C(C)=O. The first-order valence-electron chi connectivity index (χ1n) is 2.52. The standard InChI is InChI=1S/C6H9NO2/c1-4(8)3-6(7)5(2)9/h3H,7H2,1-2H3/b6-3+. The Morgan fingerprint density at radius 3 is 1.89 bits per heavy atom. The zero-order valence-corrected chi connectivity index (χ0v) is 5.47. The van der Waals surface area contributed by atoms with Crippen molar-refractivity contribution in [1.82, 2.24) is 0 Å². The van der Waals surface area contributed by atoms with E-state index in [1.807, 2.05) is 0 Å². The number of hydrogen-bond donors (Lipinski definition) is 1. The predicted octanol–water partition coefficient (Wildman–Crippen LogP) is 0.00700. The van der Waals surface area contributed by atoms with Crippen molar-refractivity contribution in [2.75, 3.05) is 0 Å². The molecule has 0 aliphatic rings. The average Bonchev–Trinajstić information content (AvgIpc) is 1.63. The third-order valence-corrected chi connectivity index (χ3v) is 0.765. The summed E-state index contributed by atoms with van der Waals surface area (Å²) in [6.45, 7) is 2.66. The maximum Gasteiger partial charge on any atom is 0.175 e. The normalized spacial score (nSPS) is 11.1. The van der Waals surface area contributed by atoms with E-state index in [2.05, 4.69) is 0 Å². The van der Waals surface area contributed by atoms with Gasteiger partial charge in [0.15, 0.2) is 11.6 Å². The van der Waals surface area contributed by atoms with E-state index in [1.54, 1.807) is 0 Å². The number of ketones is 2. The molecule has 0 saturated heterocycles. The molecule has 0 spiro atoms. The van der Waals surface area contributed by atoms with Gasteiger partial charge in [0, 0.05) is 13.0 Å². The summed E-state index contributed by atoms with van der Waals surface area (Å²) in [6, 6.07) is 0. The smallest absolute Gasteiger partial charge is 0.175 e. The van der Waals surface area contributed by atoms with E-state index >= 15 is 0 Å². The van der Waals surface area contributed by atoms with Gasteiger partial charge in [-0.25, -0.2) is 0 Å². The predicted molar refractivity (Wildman–Crippen MR) is 33.6 cm³/mol. The molecule has 9 heavy (non-hydrogen) atoms.